The van der Waals surface area contributed by atoms with Gasteiger partial charge in [-0.2, -0.15) is 0 Å². The fraction of sp³-hybridized carbons (Fsp3) is 0.517. The van der Waals surface area contributed by atoms with Crippen LogP contribution >= 0.6 is 0 Å². The van der Waals surface area contributed by atoms with E-state index in [1.165, 1.54) is 5.56 Å². The first-order valence-corrected chi connectivity index (χ1v) is 12.7. The summed E-state index contributed by atoms with van der Waals surface area (Å²) in [4.78, 5) is 30.4. The highest BCUT2D eigenvalue weighted by Crippen LogP contribution is 2.34. The van der Waals surface area contributed by atoms with E-state index in [2.05, 4.69) is 22.3 Å². The van der Waals surface area contributed by atoms with Crippen molar-refractivity contribution in [2.75, 3.05) is 26.2 Å². The number of nitrogens with zero attached hydrogens (tertiary/aromatic N) is 2. The van der Waals surface area contributed by atoms with Crippen LogP contribution in [-0.4, -0.2) is 59.7 Å². The Morgan fingerprint density at radius 1 is 0.943 bits per heavy atom. The lowest BCUT2D eigenvalue weighted by Crippen LogP contribution is -2.50. The molecule has 2 aliphatic heterocycles. The van der Waals surface area contributed by atoms with Crippen LogP contribution in [-0.2, 0) is 11.2 Å². The minimum atomic E-state index is -0.538. The maximum Gasteiger partial charge on any atom is 0.408 e. The second-order valence-corrected chi connectivity index (χ2v) is 11.1. The van der Waals surface area contributed by atoms with E-state index >= 15 is 0 Å². The van der Waals surface area contributed by atoms with Crippen molar-refractivity contribution in [3.63, 3.8) is 0 Å². The van der Waals surface area contributed by atoms with Gasteiger partial charge in [-0.15, -0.1) is 0 Å². The van der Waals surface area contributed by atoms with E-state index in [-0.39, 0.29) is 18.2 Å². The van der Waals surface area contributed by atoms with Crippen molar-refractivity contribution in [3.8, 4) is 0 Å². The molecule has 1 N–H and O–H groups in total. The lowest BCUT2D eigenvalue weighted by atomic mass is 10.0. The number of alkyl carbamates (subject to hydrolysis) is 1. The molecule has 6 heteroatoms. The summed E-state index contributed by atoms with van der Waals surface area (Å²) in [5, 5.41) is 3.13. The number of ether oxygens (including phenoxy) is 1. The Labute approximate surface area is 209 Å². The number of aryl methyl sites for hydroxylation is 3. The van der Waals surface area contributed by atoms with Gasteiger partial charge in [0.25, 0.3) is 5.91 Å². The fourth-order valence-corrected chi connectivity index (χ4v) is 5.50. The molecule has 2 amide bonds. The standard InChI is InChI=1S/C29H39N3O3/c1-20-10-9-11-21(2)26(20)27(33)32-18-23-16-31(17-24(23)19-32)25(30-28(34)35-29(3,4)5)15-14-22-12-7-6-8-13-22/h6-13,23-25H,14-19H2,1-5H3,(H,30,34). The first kappa shape index (κ1) is 25.2. The van der Waals surface area contributed by atoms with E-state index in [1.807, 2.05) is 75.9 Å². The molecule has 0 saturated carbocycles. The summed E-state index contributed by atoms with van der Waals surface area (Å²) in [6.07, 6.45) is 1.22. The third-order valence-corrected chi connectivity index (χ3v) is 7.17. The molecule has 2 heterocycles. The first-order valence-electron chi connectivity index (χ1n) is 12.7. The van der Waals surface area contributed by atoms with Gasteiger partial charge in [0.1, 0.15) is 5.60 Å². The molecule has 3 atom stereocenters. The Morgan fingerprint density at radius 3 is 2.11 bits per heavy atom. The lowest BCUT2D eigenvalue weighted by molar-refractivity contribution is 0.0418. The van der Waals surface area contributed by atoms with Crippen LogP contribution in [0.15, 0.2) is 48.5 Å². The molecule has 0 aliphatic carbocycles. The quantitative estimate of drug-likeness (QED) is 0.650. The van der Waals surface area contributed by atoms with Crippen LogP contribution < -0.4 is 5.32 Å². The summed E-state index contributed by atoms with van der Waals surface area (Å²) in [5.41, 5.74) is 3.64. The average Bonchev–Trinajstić information content (AvgIpc) is 3.35. The van der Waals surface area contributed by atoms with Crippen LogP contribution in [0.4, 0.5) is 4.79 Å². The van der Waals surface area contributed by atoms with Crippen molar-refractivity contribution in [2.24, 2.45) is 11.8 Å². The van der Waals surface area contributed by atoms with Gasteiger partial charge in [-0.1, -0.05) is 48.5 Å². The molecule has 35 heavy (non-hydrogen) atoms. The van der Waals surface area contributed by atoms with Crippen molar-refractivity contribution < 1.29 is 14.3 Å². The zero-order chi connectivity index (χ0) is 25.2. The molecular formula is C29H39N3O3. The summed E-state index contributed by atoms with van der Waals surface area (Å²) >= 11 is 0. The van der Waals surface area contributed by atoms with Crippen LogP contribution in [0, 0.1) is 25.7 Å². The number of amides is 2. The Kier molecular flexibility index (Phi) is 7.50. The molecule has 3 unspecified atom stereocenters. The maximum absolute atomic E-state index is 13.3. The summed E-state index contributed by atoms with van der Waals surface area (Å²) in [6, 6.07) is 16.4. The molecule has 4 rings (SSSR count). The van der Waals surface area contributed by atoms with Gasteiger partial charge in [0, 0.05) is 31.7 Å². The summed E-state index contributed by atoms with van der Waals surface area (Å²) in [6.45, 7) is 13.0. The van der Waals surface area contributed by atoms with Crippen molar-refractivity contribution >= 4 is 12.0 Å². The van der Waals surface area contributed by atoms with Crippen molar-refractivity contribution in [1.82, 2.24) is 15.1 Å². The van der Waals surface area contributed by atoms with Crippen molar-refractivity contribution in [2.45, 2.75) is 59.2 Å². The van der Waals surface area contributed by atoms with Crippen LogP contribution in [0.1, 0.15) is 54.2 Å². The number of rotatable bonds is 6. The third kappa shape index (κ3) is 6.23. The number of carbonyl (C=O) groups excluding carboxylic acids is 2. The van der Waals surface area contributed by atoms with Gasteiger partial charge in [-0.05, 0) is 76.0 Å². The molecule has 0 bridgehead atoms. The largest absolute Gasteiger partial charge is 0.444 e. The van der Waals surface area contributed by atoms with Crippen molar-refractivity contribution in [1.29, 1.82) is 0 Å². The Hall–Kier alpha value is -2.86. The van der Waals surface area contributed by atoms with Gasteiger partial charge < -0.3 is 15.0 Å². The van der Waals surface area contributed by atoms with Gasteiger partial charge in [0.05, 0.1) is 6.17 Å². The van der Waals surface area contributed by atoms with Gasteiger partial charge in [-0.25, -0.2) is 4.79 Å². The highest BCUT2D eigenvalue weighted by molar-refractivity contribution is 5.97. The zero-order valence-electron chi connectivity index (χ0n) is 21.7. The Morgan fingerprint density at radius 2 is 1.54 bits per heavy atom. The minimum absolute atomic E-state index is 0.0987. The van der Waals surface area contributed by atoms with E-state index in [0.29, 0.717) is 11.8 Å². The molecule has 2 fully saturated rings. The highest BCUT2D eigenvalue weighted by atomic mass is 16.6. The number of hydrogen-bond donors (Lipinski definition) is 1. The number of benzene rings is 2. The number of fused-ring (bicyclic) bond motifs is 1. The van der Waals surface area contributed by atoms with Crippen LogP contribution in [0.2, 0.25) is 0 Å². The minimum Gasteiger partial charge on any atom is -0.444 e. The topological polar surface area (TPSA) is 61.9 Å². The van der Waals surface area contributed by atoms with E-state index in [9.17, 15) is 9.59 Å². The smallest absolute Gasteiger partial charge is 0.408 e. The summed E-state index contributed by atoms with van der Waals surface area (Å²) in [5.74, 6) is 0.986. The number of likely N-dealkylation sites (tertiary alicyclic amines) is 2. The second kappa shape index (κ2) is 10.4. The maximum atomic E-state index is 13.3. The molecule has 0 aromatic heterocycles. The highest BCUT2D eigenvalue weighted by Gasteiger charge is 2.44. The van der Waals surface area contributed by atoms with Gasteiger partial charge in [-0.3, -0.25) is 9.69 Å². The molecule has 6 nitrogen and oxygen atoms in total. The normalized spacial score (nSPS) is 21.0. The molecular weight excluding hydrogens is 438 g/mol. The SMILES string of the molecule is Cc1cccc(C)c1C(=O)N1CC2CN(C(CCc3ccccc3)NC(=O)OC(C)(C)C)CC2C1. The van der Waals surface area contributed by atoms with Crippen molar-refractivity contribution in [3.05, 3.63) is 70.8 Å². The predicted molar refractivity (Wildman–Crippen MR) is 138 cm³/mol. The average molecular weight is 478 g/mol. The van der Waals surface area contributed by atoms with Gasteiger partial charge in [0.15, 0.2) is 0 Å². The van der Waals surface area contributed by atoms with E-state index in [4.69, 9.17) is 4.74 Å². The molecule has 0 spiro atoms. The monoisotopic (exact) mass is 477 g/mol. The Bertz CT molecular complexity index is 1010. The predicted octanol–water partition coefficient (Wildman–Crippen LogP) is 4.79. The zero-order valence-corrected chi connectivity index (χ0v) is 21.7. The molecule has 2 saturated heterocycles. The number of hydrogen-bond acceptors (Lipinski definition) is 4. The summed E-state index contributed by atoms with van der Waals surface area (Å²) < 4.78 is 5.56. The third-order valence-electron chi connectivity index (χ3n) is 7.17. The van der Waals surface area contributed by atoms with Crippen LogP contribution in [0.5, 0.6) is 0 Å². The first-order chi connectivity index (χ1) is 16.6. The van der Waals surface area contributed by atoms with Crippen LogP contribution in [0.25, 0.3) is 0 Å². The van der Waals surface area contributed by atoms with E-state index in [1.54, 1.807) is 0 Å². The van der Waals surface area contributed by atoms with Gasteiger partial charge >= 0.3 is 6.09 Å². The number of carbonyl (C=O) groups is 2. The molecule has 2 aromatic carbocycles. The van der Waals surface area contributed by atoms with E-state index < -0.39 is 5.60 Å². The van der Waals surface area contributed by atoms with Gasteiger partial charge in [0.2, 0.25) is 0 Å². The Balaban J connectivity index is 1.41. The number of nitrogens with one attached hydrogen (secondary N) is 1. The molecule has 2 aliphatic rings. The molecule has 2 aromatic rings. The fourth-order valence-electron chi connectivity index (χ4n) is 5.50. The molecule has 0 radical (unpaired) electrons. The second-order valence-electron chi connectivity index (χ2n) is 11.1. The summed E-state index contributed by atoms with van der Waals surface area (Å²) in [7, 11) is 0. The van der Waals surface area contributed by atoms with Crippen LogP contribution in [0.3, 0.4) is 0 Å². The van der Waals surface area contributed by atoms with E-state index in [0.717, 1.165) is 55.7 Å². The lowest BCUT2D eigenvalue weighted by Gasteiger charge is -2.31. The molecule has 188 valence electrons.